The van der Waals surface area contributed by atoms with Gasteiger partial charge in [0.15, 0.2) is 16.4 Å². The summed E-state index contributed by atoms with van der Waals surface area (Å²) in [5.74, 6) is -5.18. The van der Waals surface area contributed by atoms with E-state index >= 15 is 0 Å². The van der Waals surface area contributed by atoms with Crippen molar-refractivity contribution in [3.63, 3.8) is 0 Å². The summed E-state index contributed by atoms with van der Waals surface area (Å²) in [5, 5.41) is 16.9. The first-order valence-electron chi connectivity index (χ1n) is 9.98. The average molecular weight is 535 g/mol. The summed E-state index contributed by atoms with van der Waals surface area (Å²) >= 11 is 0. The summed E-state index contributed by atoms with van der Waals surface area (Å²) < 4.78 is 112. The number of unbranched alkanes of at least 4 members (excludes halogenated alkanes) is 1. The summed E-state index contributed by atoms with van der Waals surface area (Å²) in [6.07, 6.45) is -10.1. The van der Waals surface area contributed by atoms with Crippen molar-refractivity contribution in [3.05, 3.63) is 23.8 Å². The standard InChI is InChI=1S/C20H23F6NO7S/c1-3-4-8-33-17(30)18(2,15(27)16(28)29)7-9-35(31,32)14-6-5-12(34-11-19(21,22)23)10-13(14)20(24,25)26/h5-6,10,27H,3-4,7-9,11H2,1-2H3,(H,28,29). The van der Waals surface area contributed by atoms with Crippen LogP contribution in [-0.2, 0) is 30.3 Å². The first kappa shape index (κ1) is 30.2. The molecule has 0 aromatic heterocycles. The van der Waals surface area contributed by atoms with Gasteiger partial charge in [0.05, 0.1) is 22.8 Å². The Morgan fingerprint density at radius 3 is 2.20 bits per heavy atom. The number of ether oxygens (including phenoxy) is 2. The normalized spacial score (nSPS) is 14.2. The van der Waals surface area contributed by atoms with E-state index in [0.717, 1.165) is 6.92 Å². The Labute approximate surface area is 196 Å². The third-order valence-corrected chi connectivity index (χ3v) is 6.58. The minimum absolute atomic E-state index is 0.0934. The van der Waals surface area contributed by atoms with Crippen LogP contribution in [0.2, 0.25) is 0 Å². The Balaban J connectivity index is 3.32. The zero-order valence-corrected chi connectivity index (χ0v) is 19.4. The van der Waals surface area contributed by atoms with Gasteiger partial charge >= 0.3 is 24.3 Å². The van der Waals surface area contributed by atoms with Gasteiger partial charge in [0, 0.05) is 0 Å². The molecule has 0 heterocycles. The molecule has 8 nitrogen and oxygen atoms in total. The highest BCUT2D eigenvalue weighted by molar-refractivity contribution is 7.91. The number of halogens is 6. The van der Waals surface area contributed by atoms with Gasteiger partial charge in [0.25, 0.3) is 0 Å². The maximum Gasteiger partial charge on any atom is 0.422 e. The van der Waals surface area contributed by atoms with Crippen LogP contribution in [0.5, 0.6) is 5.75 Å². The number of nitrogens with one attached hydrogen (secondary N) is 1. The van der Waals surface area contributed by atoms with E-state index in [1.54, 1.807) is 6.92 Å². The van der Waals surface area contributed by atoms with E-state index in [1.807, 2.05) is 0 Å². The van der Waals surface area contributed by atoms with Crippen LogP contribution in [-0.4, -0.2) is 56.3 Å². The van der Waals surface area contributed by atoms with Crippen molar-refractivity contribution >= 4 is 27.5 Å². The fraction of sp³-hybridized carbons (Fsp3) is 0.550. The van der Waals surface area contributed by atoms with Crippen LogP contribution in [0.15, 0.2) is 23.1 Å². The number of hydrogen-bond acceptors (Lipinski definition) is 7. The monoisotopic (exact) mass is 535 g/mol. The van der Waals surface area contributed by atoms with Crippen LogP contribution in [0, 0.1) is 10.8 Å². The topological polar surface area (TPSA) is 131 Å². The Morgan fingerprint density at radius 2 is 1.71 bits per heavy atom. The Hall–Kier alpha value is -2.84. The van der Waals surface area contributed by atoms with Crippen LogP contribution in [0.25, 0.3) is 0 Å². The molecule has 0 amide bonds. The Kier molecular flexibility index (Phi) is 9.72. The van der Waals surface area contributed by atoms with Crippen molar-refractivity contribution in [2.45, 2.75) is 50.4 Å². The van der Waals surface area contributed by atoms with Gasteiger partial charge in [0.1, 0.15) is 16.9 Å². The highest BCUT2D eigenvalue weighted by Gasteiger charge is 2.45. The van der Waals surface area contributed by atoms with E-state index in [2.05, 4.69) is 4.74 Å². The second-order valence-electron chi connectivity index (χ2n) is 7.63. The molecular weight excluding hydrogens is 512 g/mol. The van der Waals surface area contributed by atoms with Gasteiger partial charge in [-0.25, -0.2) is 13.2 Å². The molecule has 1 aromatic carbocycles. The number of benzene rings is 1. The van der Waals surface area contributed by atoms with E-state index in [4.69, 9.17) is 15.3 Å². The fourth-order valence-corrected chi connectivity index (χ4v) is 4.42. The fourth-order valence-electron chi connectivity index (χ4n) is 2.74. The van der Waals surface area contributed by atoms with E-state index in [9.17, 15) is 44.3 Å². The third kappa shape index (κ3) is 8.40. The number of sulfone groups is 1. The summed E-state index contributed by atoms with van der Waals surface area (Å²) in [6, 6.07) is 1.10. The number of carbonyl (C=O) groups is 2. The molecule has 198 valence electrons. The molecule has 1 aromatic rings. The molecule has 15 heteroatoms. The molecule has 0 aliphatic carbocycles. The molecule has 0 saturated heterocycles. The van der Waals surface area contributed by atoms with Gasteiger partial charge in [-0.1, -0.05) is 13.3 Å². The van der Waals surface area contributed by atoms with Crippen LogP contribution < -0.4 is 4.74 Å². The van der Waals surface area contributed by atoms with Gasteiger partial charge in [-0.3, -0.25) is 10.2 Å². The van der Waals surface area contributed by atoms with Crippen LogP contribution >= 0.6 is 0 Å². The number of hydrogen-bond donors (Lipinski definition) is 2. The van der Waals surface area contributed by atoms with E-state index in [1.165, 1.54) is 0 Å². The smallest absolute Gasteiger partial charge is 0.422 e. The van der Waals surface area contributed by atoms with Crippen molar-refractivity contribution in [2.24, 2.45) is 5.41 Å². The van der Waals surface area contributed by atoms with E-state index in [-0.39, 0.29) is 12.7 Å². The summed E-state index contributed by atoms with van der Waals surface area (Å²) in [7, 11) is -4.88. The zero-order valence-electron chi connectivity index (χ0n) is 18.5. The lowest BCUT2D eigenvalue weighted by molar-refractivity contribution is -0.154. The van der Waals surface area contributed by atoms with Crippen molar-refractivity contribution in [1.29, 1.82) is 5.41 Å². The molecular formula is C20H23F6NO7S. The number of alkyl halides is 6. The third-order valence-electron chi connectivity index (χ3n) is 4.81. The summed E-state index contributed by atoms with van der Waals surface area (Å²) in [6.45, 7) is 0.622. The lowest BCUT2D eigenvalue weighted by atomic mass is 9.82. The second-order valence-corrected chi connectivity index (χ2v) is 9.71. The van der Waals surface area contributed by atoms with Gasteiger partial charge in [0.2, 0.25) is 0 Å². The molecule has 1 unspecified atom stereocenters. The van der Waals surface area contributed by atoms with Gasteiger partial charge < -0.3 is 14.6 Å². The SMILES string of the molecule is CCCCOC(=O)C(C)(CCS(=O)(=O)c1ccc(OCC(F)(F)F)cc1C(F)(F)F)C(=N)C(=O)O. The molecule has 0 spiro atoms. The molecule has 1 rings (SSSR count). The first-order valence-corrected chi connectivity index (χ1v) is 11.6. The summed E-state index contributed by atoms with van der Waals surface area (Å²) in [4.78, 5) is 22.4. The highest BCUT2D eigenvalue weighted by atomic mass is 32.2. The Bertz CT molecular complexity index is 1050. The quantitative estimate of drug-likeness (QED) is 0.177. The van der Waals surface area contributed by atoms with Crippen LogP contribution in [0.4, 0.5) is 26.3 Å². The lowest BCUT2D eigenvalue weighted by Gasteiger charge is -2.26. The maximum atomic E-state index is 13.5. The average Bonchev–Trinajstić information content (AvgIpc) is 2.74. The largest absolute Gasteiger partial charge is 0.484 e. The van der Waals surface area contributed by atoms with Crippen molar-refractivity contribution in [3.8, 4) is 5.75 Å². The molecule has 1 atom stereocenters. The van der Waals surface area contributed by atoms with Crippen molar-refractivity contribution in [2.75, 3.05) is 19.0 Å². The maximum absolute atomic E-state index is 13.5. The zero-order chi connectivity index (χ0) is 27.2. The van der Waals surface area contributed by atoms with Gasteiger partial charge in [-0.15, -0.1) is 0 Å². The molecule has 0 fully saturated rings. The number of carboxylic acid groups (broad SMARTS) is 1. The first-order chi connectivity index (χ1) is 15.8. The predicted molar refractivity (Wildman–Crippen MR) is 109 cm³/mol. The number of carboxylic acids is 1. The van der Waals surface area contributed by atoms with E-state index in [0.29, 0.717) is 25.0 Å². The summed E-state index contributed by atoms with van der Waals surface area (Å²) in [5.41, 5.74) is -5.33. The molecule has 0 aliphatic heterocycles. The molecule has 0 saturated carbocycles. The van der Waals surface area contributed by atoms with Crippen molar-refractivity contribution in [1.82, 2.24) is 0 Å². The molecule has 0 aliphatic rings. The second kappa shape index (κ2) is 11.3. The molecule has 0 radical (unpaired) electrons. The number of esters is 1. The van der Waals surface area contributed by atoms with Crippen molar-refractivity contribution < 1.29 is 58.9 Å². The van der Waals surface area contributed by atoms with E-state index < -0.39 is 80.2 Å². The predicted octanol–water partition coefficient (Wildman–Crippen LogP) is 4.26. The van der Waals surface area contributed by atoms with Gasteiger partial charge in [-0.2, -0.15) is 26.3 Å². The Morgan fingerprint density at radius 1 is 1.11 bits per heavy atom. The lowest BCUT2D eigenvalue weighted by Crippen LogP contribution is -2.43. The highest BCUT2D eigenvalue weighted by Crippen LogP contribution is 2.38. The van der Waals surface area contributed by atoms with Gasteiger partial charge in [-0.05, 0) is 38.0 Å². The molecule has 2 N–H and O–H groups in total. The minimum Gasteiger partial charge on any atom is -0.484 e. The number of aliphatic carboxylic acids is 1. The molecule has 35 heavy (non-hydrogen) atoms. The minimum atomic E-state index is -5.31. The van der Waals surface area contributed by atoms with Crippen LogP contribution in [0.3, 0.4) is 0 Å². The van der Waals surface area contributed by atoms with Crippen LogP contribution in [0.1, 0.15) is 38.7 Å². The molecule has 0 bridgehead atoms. The number of carbonyl (C=O) groups excluding carboxylic acids is 1. The number of rotatable bonds is 12.